The van der Waals surface area contributed by atoms with Gasteiger partial charge in [-0.25, -0.2) is 0 Å². The molecule has 0 amide bonds. The van der Waals surface area contributed by atoms with Crippen LogP contribution >= 0.6 is 0 Å². The molecule has 0 aromatic heterocycles. The van der Waals surface area contributed by atoms with E-state index in [0.717, 1.165) is 24.9 Å². The van der Waals surface area contributed by atoms with Crippen LogP contribution in [-0.2, 0) is 6.42 Å². The van der Waals surface area contributed by atoms with Crippen molar-refractivity contribution in [3.8, 4) is 0 Å². The molecule has 2 heteroatoms. The van der Waals surface area contributed by atoms with Gasteiger partial charge in [-0.05, 0) is 42.9 Å². The third kappa shape index (κ3) is 3.30. The highest BCUT2D eigenvalue weighted by molar-refractivity contribution is 5.26. The van der Waals surface area contributed by atoms with E-state index in [1.54, 1.807) is 0 Å². The third-order valence-corrected chi connectivity index (χ3v) is 3.42. The van der Waals surface area contributed by atoms with Crippen molar-refractivity contribution in [2.75, 3.05) is 6.54 Å². The monoisotopic (exact) mass is 233 g/mol. The number of aliphatic hydroxyl groups excluding tert-OH is 1. The van der Waals surface area contributed by atoms with Crippen molar-refractivity contribution >= 4 is 0 Å². The number of aliphatic hydroxyl groups is 1. The van der Waals surface area contributed by atoms with Crippen molar-refractivity contribution in [3.63, 3.8) is 0 Å². The zero-order valence-corrected chi connectivity index (χ0v) is 10.8. The molecule has 2 rings (SSSR count). The summed E-state index contributed by atoms with van der Waals surface area (Å²) in [4.78, 5) is 0. The van der Waals surface area contributed by atoms with E-state index in [1.165, 1.54) is 12.0 Å². The normalized spacial score (nSPS) is 22.0. The van der Waals surface area contributed by atoms with Gasteiger partial charge in [-0.1, -0.05) is 38.1 Å². The Labute approximate surface area is 104 Å². The predicted octanol–water partition coefficient (Wildman–Crippen LogP) is 2.67. The van der Waals surface area contributed by atoms with E-state index in [2.05, 4.69) is 37.4 Å². The first-order valence-corrected chi connectivity index (χ1v) is 6.67. The van der Waals surface area contributed by atoms with Gasteiger partial charge in [0, 0.05) is 6.04 Å². The minimum atomic E-state index is -0.357. The lowest BCUT2D eigenvalue weighted by Crippen LogP contribution is -2.28. The summed E-state index contributed by atoms with van der Waals surface area (Å²) < 4.78 is 0. The zero-order valence-electron chi connectivity index (χ0n) is 10.8. The standard InChI is InChI=1S/C15H23NO/c1-11(2)9-12-5-3-6-13(10-12)15(17)14-7-4-8-16-14/h3,5-6,10-11,14-17H,4,7-9H2,1-2H3. The molecule has 1 aliphatic heterocycles. The van der Waals surface area contributed by atoms with Crippen molar-refractivity contribution in [1.82, 2.24) is 5.32 Å². The third-order valence-electron chi connectivity index (χ3n) is 3.42. The molecule has 2 atom stereocenters. The Kier molecular flexibility index (Phi) is 4.19. The van der Waals surface area contributed by atoms with Crippen LogP contribution in [0.3, 0.4) is 0 Å². The highest BCUT2D eigenvalue weighted by Gasteiger charge is 2.23. The van der Waals surface area contributed by atoms with Gasteiger partial charge >= 0.3 is 0 Å². The highest BCUT2D eigenvalue weighted by Crippen LogP contribution is 2.24. The van der Waals surface area contributed by atoms with E-state index in [1.807, 2.05) is 6.07 Å². The molecule has 17 heavy (non-hydrogen) atoms. The second kappa shape index (κ2) is 5.65. The first kappa shape index (κ1) is 12.6. The summed E-state index contributed by atoms with van der Waals surface area (Å²) in [5.41, 5.74) is 2.39. The molecular weight excluding hydrogens is 210 g/mol. The first-order chi connectivity index (χ1) is 8.16. The minimum Gasteiger partial charge on any atom is -0.387 e. The molecule has 1 saturated heterocycles. The van der Waals surface area contributed by atoms with Gasteiger partial charge < -0.3 is 10.4 Å². The summed E-state index contributed by atoms with van der Waals surface area (Å²) in [6, 6.07) is 8.65. The summed E-state index contributed by atoms with van der Waals surface area (Å²) in [5, 5.41) is 13.7. The molecule has 1 aromatic rings. The molecule has 1 aromatic carbocycles. The van der Waals surface area contributed by atoms with Crippen LogP contribution in [0.15, 0.2) is 24.3 Å². The summed E-state index contributed by atoms with van der Waals surface area (Å²) in [6.45, 7) is 5.48. The fraction of sp³-hybridized carbons (Fsp3) is 0.600. The molecule has 0 bridgehead atoms. The van der Waals surface area contributed by atoms with Gasteiger partial charge in [0.1, 0.15) is 0 Å². The summed E-state index contributed by atoms with van der Waals surface area (Å²) in [7, 11) is 0. The summed E-state index contributed by atoms with van der Waals surface area (Å²) >= 11 is 0. The van der Waals surface area contributed by atoms with E-state index in [-0.39, 0.29) is 12.1 Å². The second-order valence-corrected chi connectivity index (χ2v) is 5.49. The Morgan fingerprint density at radius 3 is 2.88 bits per heavy atom. The van der Waals surface area contributed by atoms with E-state index in [0.29, 0.717) is 5.92 Å². The molecule has 2 N–H and O–H groups in total. The maximum Gasteiger partial charge on any atom is 0.0943 e. The largest absolute Gasteiger partial charge is 0.387 e. The fourth-order valence-corrected chi connectivity index (χ4v) is 2.59. The number of benzene rings is 1. The van der Waals surface area contributed by atoms with Crippen molar-refractivity contribution in [2.45, 2.75) is 45.3 Å². The number of nitrogens with one attached hydrogen (secondary N) is 1. The van der Waals surface area contributed by atoms with Crippen LogP contribution in [0.25, 0.3) is 0 Å². The van der Waals surface area contributed by atoms with Crippen molar-refractivity contribution in [2.24, 2.45) is 5.92 Å². The molecule has 1 fully saturated rings. The molecule has 0 spiro atoms. The minimum absolute atomic E-state index is 0.240. The average Bonchev–Trinajstić information content (AvgIpc) is 2.81. The molecular formula is C15H23NO. The Hall–Kier alpha value is -0.860. The predicted molar refractivity (Wildman–Crippen MR) is 71.0 cm³/mol. The molecule has 2 unspecified atom stereocenters. The van der Waals surface area contributed by atoms with Crippen molar-refractivity contribution in [3.05, 3.63) is 35.4 Å². The van der Waals surface area contributed by atoms with Gasteiger partial charge in [-0.15, -0.1) is 0 Å². The Morgan fingerprint density at radius 1 is 1.41 bits per heavy atom. The zero-order chi connectivity index (χ0) is 12.3. The molecule has 1 aliphatic rings. The SMILES string of the molecule is CC(C)Cc1cccc(C(O)C2CCCN2)c1. The van der Waals surface area contributed by atoms with Crippen LogP contribution in [0, 0.1) is 5.92 Å². The quantitative estimate of drug-likeness (QED) is 0.838. The van der Waals surface area contributed by atoms with Crippen molar-refractivity contribution < 1.29 is 5.11 Å². The molecule has 0 saturated carbocycles. The smallest absolute Gasteiger partial charge is 0.0943 e. The number of hydrogen-bond donors (Lipinski definition) is 2. The summed E-state index contributed by atoms with van der Waals surface area (Å²) in [5.74, 6) is 0.659. The molecule has 1 heterocycles. The van der Waals surface area contributed by atoms with Crippen LogP contribution in [0.2, 0.25) is 0 Å². The lowest BCUT2D eigenvalue weighted by molar-refractivity contribution is 0.137. The lowest BCUT2D eigenvalue weighted by Gasteiger charge is -2.19. The van der Waals surface area contributed by atoms with Gasteiger partial charge in [0.25, 0.3) is 0 Å². The van der Waals surface area contributed by atoms with Gasteiger partial charge in [0.05, 0.1) is 6.10 Å². The molecule has 94 valence electrons. The van der Waals surface area contributed by atoms with E-state index >= 15 is 0 Å². The van der Waals surface area contributed by atoms with Crippen LogP contribution in [-0.4, -0.2) is 17.7 Å². The molecule has 0 radical (unpaired) electrons. The van der Waals surface area contributed by atoms with Crippen LogP contribution in [0.1, 0.15) is 43.9 Å². The van der Waals surface area contributed by atoms with Gasteiger partial charge in [-0.3, -0.25) is 0 Å². The van der Waals surface area contributed by atoms with Crippen LogP contribution in [0.4, 0.5) is 0 Å². The highest BCUT2D eigenvalue weighted by atomic mass is 16.3. The molecule has 0 aliphatic carbocycles. The Bertz CT molecular complexity index is 356. The van der Waals surface area contributed by atoms with Crippen LogP contribution in [0.5, 0.6) is 0 Å². The topological polar surface area (TPSA) is 32.3 Å². The number of hydrogen-bond acceptors (Lipinski definition) is 2. The van der Waals surface area contributed by atoms with Gasteiger partial charge in [0.2, 0.25) is 0 Å². The number of rotatable bonds is 4. The van der Waals surface area contributed by atoms with Crippen molar-refractivity contribution in [1.29, 1.82) is 0 Å². The average molecular weight is 233 g/mol. The fourth-order valence-electron chi connectivity index (χ4n) is 2.59. The van der Waals surface area contributed by atoms with Gasteiger partial charge in [0.15, 0.2) is 0 Å². The summed E-state index contributed by atoms with van der Waals surface area (Å²) in [6.07, 6.45) is 2.98. The van der Waals surface area contributed by atoms with Crippen LogP contribution < -0.4 is 5.32 Å². The maximum atomic E-state index is 10.3. The maximum absolute atomic E-state index is 10.3. The van der Waals surface area contributed by atoms with E-state index in [9.17, 15) is 5.11 Å². The second-order valence-electron chi connectivity index (χ2n) is 5.49. The Balaban J connectivity index is 2.09. The molecule has 2 nitrogen and oxygen atoms in total. The Morgan fingerprint density at radius 2 is 2.24 bits per heavy atom. The lowest BCUT2D eigenvalue weighted by atomic mass is 9.96. The first-order valence-electron chi connectivity index (χ1n) is 6.67. The van der Waals surface area contributed by atoms with Gasteiger partial charge in [-0.2, -0.15) is 0 Å². The van der Waals surface area contributed by atoms with E-state index < -0.39 is 0 Å². The van der Waals surface area contributed by atoms with E-state index in [4.69, 9.17) is 0 Å².